The number of carbonyl (C=O) groups excluding carboxylic acids is 2. The summed E-state index contributed by atoms with van der Waals surface area (Å²) in [5.41, 5.74) is 10.1. The predicted octanol–water partition coefficient (Wildman–Crippen LogP) is 2.29. The third kappa shape index (κ3) is 3.56. The molecule has 2 heterocycles. The maximum Gasteiger partial charge on any atom is 0.254 e. The van der Waals surface area contributed by atoms with E-state index in [2.05, 4.69) is 16.7 Å². The summed E-state index contributed by atoms with van der Waals surface area (Å²) < 4.78 is 6.18. The van der Waals surface area contributed by atoms with E-state index in [1.54, 1.807) is 18.2 Å². The first-order valence-electron chi connectivity index (χ1n) is 8.88. The van der Waals surface area contributed by atoms with Crippen LogP contribution in [0.15, 0.2) is 36.4 Å². The molecule has 0 aliphatic carbocycles. The van der Waals surface area contributed by atoms with Crippen molar-refractivity contribution in [3.05, 3.63) is 63.7 Å². The molecule has 0 radical (unpaired) electrons. The maximum absolute atomic E-state index is 12.6. The molecule has 140 valence electrons. The summed E-state index contributed by atoms with van der Waals surface area (Å²) in [6.45, 7) is 1.67. The molecule has 0 saturated heterocycles. The number of amides is 2. The van der Waals surface area contributed by atoms with E-state index in [4.69, 9.17) is 22.1 Å². The van der Waals surface area contributed by atoms with Crippen molar-refractivity contribution >= 4 is 29.1 Å². The van der Waals surface area contributed by atoms with Gasteiger partial charge in [-0.3, -0.25) is 9.59 Å². The highest BCUT2D eigenvalue weighted by molar-refractivity contribution is 6.30. The van der Waals surface area contributed by atoms with Gasteiger partial charge in [-0.2, -0.15) is 0 Å². The summed E-state index contributed by atoms with van der Waals surface area (Å²) in [5, 5.41) is 6.76. The number of hydrogen-bond acceptors (Lipinski definition) is 4. The summed E-state index contributed by atoms with van der Waals surface area (Å²) in [6, 6.07) is 11.4. The molecule has 2 aromatic rings. The molecule has 0 saturated carbocycles. The van der Waals surface area contributed by atoms with Crippen LogP contribution in [0.5, 0.6) is 0 Å². The lowest BCUT2D eigenvalue weighted by molar-refractivity contribution is -0.135. The Labute approximate surface area is 162 Å². The largest absolute Gasteiger partial charge is 0.370 e. The highest BCUT2D eigenvalue weighted by Crippen LogP contribution is 2.39. The van der Waals surface area contributed by atoms with E-state index in [1.165, 1.54) is 11.1 Å². The van der Waals surface area contributed by atoms with Crippen LogP contribution in [0.2, 0.25) is 5.02 Å². The van der Waals surface area contributed by atoms with Crippen molar-refractivity contribution in [3.8, 4) is 0 Å². The molecule has 2 aliphatic heterocycles. The van der Waals surface area contributed by atoms with Gasteiger partial charge in [0.05, 0.1) is 6.42 Å². The molecule has 2 aliphatic rings. The lowest BCUT2D eigenvalue weighted by atomic mass is 9.89. The van der Waals surface area contributed by atoms with E-state index in [9.17, 15) is 9.59 Å². The molecular formula is C20H20ClN3O3. The fraction of sp³-hybridized carbons (Fsp3) is 0.300. The number of rotatable bonds is 3. The van der Waals surface area contributed by atoms with Gasteiger partial charge in [0.25, 0.3) is 5.91 Å². The van der Waals surface area contributed by atoms with Crippen molar-refractivity contribution in [2.24, 2.45) is 5.73 Å². The second-order valence-corrected chi connectivity index (χ2v) is 7.24. The van der Waals surface area contributed by atoms with Gasteiger partial charge in [0.15, 0.2) is 0 Å². The van der Waals surface area contributed by atoms with Crippen LogP contribution < -0.4 is 16.4 Å². The Morgan fingerprint density at radius 2 is 2.11 bits per heavy atom. The van der Waals surface area contributed by atoms with Gasteiger partial charge < -0.3 is 21.1 Å². The topological polar surface area (TPSA) is 93.5 Å². The minimum absolute atomic E-state index is 0.180. The molecule has 0 aromatic heterocycles. The number of anilines is 1. The number of primary amides is 1. The van der Waals surface area contributed by atoms with Gasteiger partial charge in [-0.15, -0.1) is 0 Å². The van der Waals surface area contributed by atoms with Crippen LogP contribution in [0, 0.1) is 0 Å². The number of halogens is 1. The summed E-state index contributed by atoms with van der Waals surface area (Å²) in [4.78, 5) is 24.0. The summed E-state index contributed by atoms with van der Waals surface area (Å²) in [6.07, 6.45) is -0.796. The molecule has 2 amide bonds. The number of ether oxygens (including phenoxy) is 1. The maximum atomic E-state index is 12.6. The van der Waals surface area contributed by atoms with Crippen LogP contribution in [0.3, 0.4) is 0 Å². The fourth-order valence-corrected chi connectivity index (χ4v) is 3.93. The Morgan fingerprint density at radius 1 is 1.26 bits per heavy atom. The molecule has 0 spiro atoms. The number of hydrogen-bond donors (Lipinski definition) is 3. The molecule has 27 heavy (non-hydrogen) atoms. The second kappa shape index (κ2) is 7.31. The Morgan fingerprint density at radius 3 is 2.93 bits per heavy atom. The zero-order valence-electron chi connectivity index (χ0n) is 14.6. The van der Waals surface area contributed by atoms with Crippen LogP contribution in [0.4, 0.5) is 5.69 Å². The fourth-order valence-electron chi connectivity index (χ4n) is 3.75. The van der Waals surface area contributed by atoms with Crippen LogP contribution in [0.25, 0.3) is 0 Å². The van der Waals surface area contributed by atoms with Crippen molar-refractivity contribution in [1.82, 2.24) is 5.32 Å². The van der Waals surface area contributed by atoms with Crippen molar-refractivity contribution < 1.29 is 14.3 Å². The number of fused-ring (bicyclic) bond motifs is 2. The Bertz CT molecular complexity index is 915. The van der Waals surface area contributed by atoms with E-state index in [-0.39, 0.29) is 12.3 Å². The highest BCUT2D eigenvalue weighted by atomic mass is 35.5. The van der Waals surface area contributed by atoms with Crippen molar-refractivity contribution in [3.63, 3.8) is 0 Å². The van der Waals surface area contributed by atoms with Gasteiger partial charge >= 0.3 is 0 Å². The minimum Gasteiger partial charge on any atom is -0.370 e. The highest BCUT2D eigenvalue weighted by Gasteiger charge is 2.34. The summed E-state index contributed by atoms with van der Waals surface area (Å²) in [7, 11) is 0. The standard InChI is InChI=1S/C20H20ClN3O3/c21-12-4-5-16-15(8-12)19(27-17(9-18(22)25)20(26)24-16)14-3-1-2-11-10-23-7-6-13(11)14/h1-5,8,17,19,23H,6-7,9-10H2,(H2,22,25)(H,24,26). The lowest BCUT2D eigenvalue weighted by Crippen LogP contribution is -2.34. The molecule has 4 N–H and O–H groups in total. The Kier molecular flexibility index (Phi) is 4.86. The van der Waals surface area contributed by atoms with E-state index < -0.39 is 18.1 Å². The first-order chi connectivity index (χ1) is 13.0. The minimum atomic E-state index is -0.962. The summed E-state index contributed by atoms with van der Waals surface area (Å²) in [5.74, 6) is -0.969. The number of nitrogens with two attached hydrogens (primary N) is 1. The number of carbonyl (C=O) groups is 2. The van der Waals surface area contributed by atoms with E-state index >= 15 is 0 Å². The average Bonchev–Trinajstić information content (AvgIpc) is 2.78. The SMILES string of the molecule is NC(=O)CC1OC(c2cccc3c2CCNC3)c2cc(Cl)ccc2NC1=O. The zero-order valence-corrected chi connectivity index (χ0v) is 15.4. The molecule has 0 bridgehead atoms. The molecule has 0 fully saturated rings. The average molecular weight is 386 g/mol. The van der Waals surface area contributed by atoms with E-state index in [1.807, 2.05) is 12.1 Å². The Balaban J connectivity index is 1.85. The monoisotopic (exact) mass is 385 g/mol. The zero-order chi connectivity index (χ0) is 19.0. The van der Waals surface area contributed by atoms with Gasteiger partial charge in [-0.1, -0.05) is 29.8 Å². The smallest absolute Gasteiger partial charge is 0.254 e. The quantitative estimate of drug-likeness (QED) is 0.755. The molecule has 2 unspecified atom stereocenters. The van der Waals surface area contributed by atoms with E-state index in [0.717, 1.165) is 30.6 Å². The molecular weight excluding hydrogens is 366 g/mol. The number of nitrogens with one attached hydrogen (secondary N) is 2. The first-order valence-corrected chi connectivity index (χ1v) is 9.26. The van der Waals surface area contributed by atoms with Crippen LogP contribution in [-0.4, -0.2) is 24.5 Å². The predicted molar refractivity (Wildman–Crippen MR) is 102 cm³/mol. The Hall–Kier alpha value is -2.41. The summed E-state index contributed by atoms with van der Waals surface area (Å²) >= 11 is 6.23. The van der Waals surface area contributed by atoms with E-state index in [0.29, 0.717) is 10.7 Å². The third-order valence-corrected chi connectivity index (χ3v) is 5.23. The lowest BCUT2D eigenvalue weighted by Gasteiger charge is -2.27. The molecule has 2 atom stereocenters. The van der Waals surface area contributed by atoms with Crippen LogP contribution in [-0.2, 0) is 27.3 Å². The van der Waals surface area contributed by atoms with Gasteiger partial charge in [0, 0.05) is 22.8 Å². The van der Waals surface area contributed by atoms with Crippen molar-refractivity contribution in [1.29, 1.82) is 0 Å². The molecule has 4 rings (SSSR count). The second-order valence-electron chi connectivity index (χ2n) is 6.81. The van der Waals surface area contributed by atoms with Gasteiger partial charge in [0.2, 0.25) is 5.91 Å². The van der Waals surface area contributed by atoms with Gasteiger partial charge in [-0.05, 0) is 47.9 Å². The van der Waals surface area contributed by atoms with Gasteiger partial charge in [-0.25, -0.2) is 0 Å². The number of benzene rings is 2. The van der Waals surface area contributed by atoms with Crippen LogP contribution >= 0.6 is 11.6 Å². The third-order valence-electron chi connectivity index (χ3n) is 4.99. The van der Waals surface area contributed by atoms with Crippen molar-refractivity contribution in [2.45, 2.75) is 31.6 Å². The first kappa shape index (κ1) is 18.0. The van der Waals surface area contributed by atoms with Gasteiger partial charge in [0.1, 0.15) is 12.2 Å². The molecule has 7 heteroatoms. The van der Waals surface area contributed by atoms with Crippen LogP contribution in [0.1, 0.15) is 34.8 Å². The molecule has 2 aromatic carbocycles. The van der Waals surface area contributed by atoms with Crippen molar-refractivity contribution in [2.75, 3.05) is 11.9 Å². The normalized spacial score (nSPS) is 21.6. The molecule has 6 nitrogen and oxygen atoms in total.